The number of hydrogen-bond acceptors (Lipinski definition) is 5. The van der Waals surface area contributed by atoms with Crippen LogP contribution in [-0.2, 0) is 20.8 Å². The highest BCUT2D eigenvalue weighted by Gasteiger charge is 2.18. The summed E-state index contributed by atoms with van der Waals surface area (Å²) in [4.78, 5) is 35.0. The van der Waals surface area contributed by atoms with Crippen LogP contribution >= 0.6 is 0 Å². The van der Waals surface area contributed by atoms with E-state index < -0.39 is 11.9 Å². The highest BCUT2D eigenvalue weighted by atomic mass is 16.5. The number of rotatable bonds is 5. The summed E-state index contributed by atoms with van der Waals surface area (Å²) in [6.07, 6.45) is 0.0720. The van der Waals surface area contributed by atoms with E-state index in [1.165, 1.54) is 17.7 Å². The van der Waals surface area contributed by atoms with Crippen LogP contribution in [0.2, 0.25) is 0 Å². The summed E-state index contributed by atoms with van der Waals surface area (Å²) in [5.74, 6) is -0.871. The zero-order valence-corrected chi connectivity index (χ0v) is 12.2. The number of hydrogen-bond donors (Lipinski definition) is 0. The molecule has 0 saturated heterocycles. The number of ether oxygens (including phenoxy) is 2. The standard InChI is InChI=1S/C14H19NO5/c1-5-20-14(18)13-9(2)8-11(16)15(10(13)3)7-6-12(17)19-4/h8H,5-7H2,1-4H3. The van der Waals surface area contributed by atoms with Crippen molar-refractivity contribution in [1.29, 1.82) is 0 Å². The largest absolute Gasteiger partial charge is 0.469 e. The average molecular weight is 281 g/mol. The summed E-state index contributed by atoms with van der Waals surface area (Å²) in [7, 11) is 1.29. The predicted octanol–water partition coefficient (Wildman–Crippen LogP) is 1.20. The summed E-state index contributed by atoms with van der Waals surface area (Å²) < 4.78 is 10.9. The fourth-order valence-corrected chi connectivity index (χ4v) is 2.02. The molecule has 6 nitrogen and oxygen atoms in total. The lowest BCUT2D eigenvalue weighted by Gasteiger charge is -2.15. The fraction of sp³-hybridized carbons (Fsp3) is 0.500. The Morgan fingerprint density at radius 1 is 1.30 bits per heavy atom. The quantitative estimate of drug-likeness (QED) is 0.758. The van der Waals surface area contributed by atoms with Gasteiger partial charge in [0.15, 0.2) is 0 Å². The Balaban J connectivity index is 3.19. The smallest absolute Gasteiger partial charge is 0.340 e. The SMILES string of the molecule is CCOC(=O)c1c(C)cc(=O)n(CCC(=O)OC)c1C. The van der Waals surface area contributed by atoms with Gasteiger partial charge < -0.3 is 14.0 Å². The number of methoxy groups -OCH3 is 1. The van der Waals surface area contributed by atoms with Crippen LogP contribution in [0.25, 0.3) is 0 Å². The fourth-order valence-electron chi connectivity index (χ4n) is 2.02. The van der Waals surface area contributed by atoms with Gasteiger partial charge in [-0.2, -0.15) is 0 Å². The summed E-state index contributed by atoms with van der Waals surface area (Å²) in [5.41, 5.74) is 1.19. The third kappa shape index (κ3) is 3.46. The van der Waals surface area contributed by atoms with Gasteiger partial charge in [0.2, 0.25) is 0 Å². The van der Waals surface area contributed by atoms with Crippen molar-refractivity contribution in [2.24, 2.45) is 0 Å². The van der Waals surface area contributed by atoms with E-state index in [9.17, 15) is 14.4 Å². The van der Waals surface area contributed by atoms with Crippen LogP contribution in [-0.4, -0.2) is 30.2 Å². The normalized spacial score (nSPS) is 10.2. The number of pyridine rings is 1. The molecule has 0 aliphatic rings. The zero-order chi connectivity index (χ0) is 15.3. The van der Waals surface area contributed by atoms with E-state index in [4.69, 9.17) is 4.74 Å². The number of aromatic nitrogens is 1. The molecular formula is C14H19NO5. The molecule has 1 rings (SSSR count). The van der Waals surface area contributed by atoms with Crippen molar-refractivity contribution in [1.82, 2.24) is 4.57 Å². The average Bonchev–Trinajstić information content (AvgIpc) is 2.37. The molecule has 0 spiro atoms. The van der Waals surface area contributed by atoms with E-state index in [-0.39, 0.29) is 25.1 Å². The van der Waals surface area contributed by atoms with Gasteiger partial charge in [0.1, 0.15) is 0 Å². The van der Waals surface area contributed by atoms with Crippen molar-refractivity contribution in [2.75, 3.05) is 13.7 Å². The van der Waals surface area contributed by atoms with Gasteiger partial charge in [0, 0.05) is 18.3 Å². The van der Waals surface area contributed by atoms with E-state index in [1.54, 1.807) is 20.8 Å². The maximum atomic E-state index is 12.0. The van der Waals surface area contributed by atoms with Crippen molar-refractivity contribution < 1.29 is 19.1 Å². The molecule has 0 N–H and O–H groups in total. The molecular weight excluding hydrogens is 262 g/mol. The molecule has 0 amide bonds. The minimum atomic E-state index is -0.464. The van der Waals surface area contributed by atoms with Crippen LogP contribution < -0.4 is 5.56 Å². The van der Waals surface area contributed by atoms with E-state index in [2.05, 4.69) is 4.74 Å². The van der Waals surface area contributed by atoms with Crippen LogP contribution in [0, 0.1) is 13.8 Å². The van der Waals surface area contributed by atoms with Gasteiger partial charge >= 0.3 is 11.9 Å². The minimum absolute atomic E-state index is 0.0720. The molecule has 0 atom stereocenters. The molecule has 0 unspecified atom stereocenters. The number of aryl methyl sites for hydroxylation is 1. The molecule has 1 heterocycles. The Labute approximate surface area is 117 Å². The van der Waals surface area contributed by atoms with Crippen molar-refractivity contribution in [3.8, 4) is 0 Å². The molecule has 1 aromatic heterocycles. The third-order valence-corrected chi connectivity index (χ3v) is 3.01. The second-order valence-corrected chi connectivity index (χ2v) is 4.32. The first-order valence-corrected chi connectivity index (χ1v) is 6.37. The Kier molecular flexibility index (Phi) is 5.49. The summed E-state index contributed by atoms with van der Waals surface area (Å²) in [5, 5.41) is 0. The molecule has 0 aliphatic carbocycles. The van der Waals surface area contributed by atoms with Crippen LogP contribution in [0.4, 0.5) is 0 Å². The van der Waals surface area contributed by atoms with Gasteiger partial charge in [-0.05, 0) is 26.3 Å². The molecule has 0 fully saturated rings. The molecule has 6 heteroatoms. The monoisotopic (exact) mass is 281 g/mol. The maximum absolute atomic E-state index is 12.0. The van der Waals surface area contributed by atoms with Crippen molar-refractivity contribution in [3.05, 3.63) is 33.2 Å². The first kappa shape index (κ1) is 15.9. The summed E-state index contributed by atoms with van der Waals surface area (Å²) >= 11 is 0. The lowest BCUT2D eigenvalue weighted by molar-refractivity contribution is -0.140. The number of carbonyl (C=O) groups excluding carboxylic acids is 2. The van der Waals surface area contributed by atoms with Gasteiger partial charge in [0.05, 0.1) is 25.7 Å². The number of esters is 2. The summed E-state index contributed by atoms with van der Waals surface area (Å²) in [6.45, 7) is 5.50. The predicted molar refractivity (Wildman–Crippen MR) is 72.8 cm³/mol. The second kappa shape index (κ2) is 6.88. The van der Waals surface area contributed by atoms with E-state index in [0.29, 0.717) is 16.8 Å². The molecule has 0 aromatic carbocycles. The molecule has 0 saturated carbocycles. The molecule has 0 bridgehead atoms. The van der Waals surface area contributed by atoms with E-state index in [0.717, 1.165) is 0 Å². The van der Waals surface area contributed by atoms with Crippen LogP contribution in [0.3, 0.4) is 0 Å². The van der Waals surface area contributed by atoms with E-state index in [1.807, 2.05) is 0 Å². The number of carbonyl (C=O) groups is 2. The minimum Gasteiger partial charge on any atom is -0.469 e. The highest BCUT2D eigenvalue weighted by molar-refractivity contribution is 5.92. The Hall–Kier alpha value is -2.11. The summed E-state index contributed by atoms with van der Waals surface area (Å²) in [6, 6.07) is 1.37. The van der Waals surface area contributed by atoms with Gasteiger partial charge in [0.25, 0.3) is 5.56 Å². The first-order chi connectivity index (χ1) is 9.42. The van der Waals surface area contributed by atoms with E-state index >= 15 is 0 Å². The highest BCUT2D eigenvalue weighted by Crippen LogP contribution is 2.13. The molecule has 0 aliphatic heterocycles. The lowest BCUT2D eigenvalue weighted by Crippen LogP contribution is -2.27. The topological polar surface area (TPSA) is 74.6 Å². The molecule has 20 heavy (non-hydrogen) atoms. The van der Waals surface area contributed by atoms with Gasteiger partial charge in [-0.3, -0.25) is 9.59 Å². The van der Waals surface area contributed by atoms with Crippen LogP contribution in [0.1, 0.15) is 35.0 Å². The third-order valence-electron chi connectivity index (χ3n) is 3.01. The van der Waals surface area contributed by atoms with Crippen LogP contribution in [0.15, 0.2) is 10.9 Å². The maximum Gasteiger partial charge on any atom is 0.340 e. The second-order valence-electron chi connectivity index (χ2n) is 4.32. The Morgan fingerprint density at radius 3 is 2.50 bits per heavy atom. The Bertz CT molecular complexity index is 574. The van der Waals surface area contributed by atoms with Crippen molar-refractivity contribution in [3.63, 3.8) is 0 Å². The lowest BCUT2D eigenvalue weighted by atomic mass is 10.1. The van der Waals surface area contributed by atoms with Gasteiger partial charge in [-0.25, -0.2) is 4.79 Å². The van der Waals surface area contributed by atoms with Gasteiger partial charge in [-0.15, -0.1) is 0 Å². The molecule has 0 radical (unpaired) electrons. The molecule has 110 valence electrons. The first-order valence-electron chi connectivity index (χ1n) is 6.37. The van der Waals surface area contributed by atoms with Crippen LogP contribution in [0.5, 0.6) is 0 Å². The zero-order valence-electron chi connectivity index (χ0n) is 12.2. The van der Waals surface area contributed by atoms with Gasteiger partial charge in [-0.1, -0.05) is 0 Å². The van der Waals surface area contributed by atoms with Crippen molar-refractivity contribution >= 4 is 11.9 Å². The molecule has 1 aromatic rings. The Morgan fingerprint density at radius 2 is 1.95 bits per heavy atom. The number of nitrogens with zero attached hydrogens (tertiary/aromatic N) is 1. The van der Waals surface area contributed by atoms with Crippen molar-refractivity contribution in [2.45, 2.75) is 33.7 Å².